The summed E-state index contributed by atoms with van der Waals surface area (Å²) in [5.41, 5.74) is 11.6. The molecule has 3 rings (SSSR count). The van der Waals surface area contributed by atoms with Crippen molar-refractivity contribution in [2.45, 2.75) is 19.0 Å². The Labute approximate surface area is 145 Å². The molecule has 2 aromatic rings. The van der Waals surface area contributed by atoms with E-state index < -0.39 is 0 Å². The molecule has 2 aromatic carbocycles. The highest BCUT2D eigenvalue weighted by atomic mass is 35.5. The molecule has 0 unspecified atom stereocenters. The summed E-state index contributed by atoms with van der Waals surface area (Å²) >= 11 is 11.1. The molecule has 0 spiro atoms. The van der Waals surface area contributed by atoms with Gasteiger partial charge in [0.05, 0.1) is 6.04 Å². The van der Waals surface area contributed by atoms with Gasteiger partial charge in [0.2, 0.25) is 0 Å². The number of hydrazone groups is 1. The lowest BCUT2D eigenvalue weighted by atomic mass is 10.1. The molecule has 0 fully saturated rings. The highest BCUT2D eigenvalue weighted by molar-refractivity contribution is 7.80. The third-order valence-electron chi connectivity index (χ3n) is 3.85. The largest absolute Gasteiger partial charge is 0.375 e. The predicted octanol–water partition coefficient (Wildman–Crippen LogP) is 3.09. The van der Waals surface area contributed by atoms with Gasteiger partial charge in [0, 0.05) is 23.5 Å². The zero-order valence-corrected chi connectivity index (χ0v) is 14.0. The Bertz CT molecular complexity index is 747. The molecular formula is C17H17ClN4S. The second-order valence-corrected chi connectivity index (χ2v) is 6.22. The van der Waals surface area contributed by atoms with E-state index in [1.54, 1.807) is 0 Å². The summed E-state index contributed by atoms with van der Waals surface area (Å²) in [5.74, 6) is 0. The first-order valence-electron chi connectivity index (χ1n) is 7.32. The third-order valence-corrected chi connectivity index (χ3v) is 4.31. The predicted molar refractivity (Wildman–Crippen MR) is 100.0 cm³/mol. The number of para-hydroxylation sites is 1. The van der Waals surface area contributed by atoms with Crippen molar-refractivity contribution in [3.8, 4) is 0 Å². The van der Waals surface area contributed by atoms with E-state index in [1.807, 2.05) is 36.5 Å². The summed E-state index contributed by atoms with van der Waals surface area (Å²) in [7, 11) is 0. The minimum atomic E-state index is 0.130. The normalized spacial score (nSPS) is 16.6. The van der Waals surface area contributed by atoms with Crippen molar-refractivity contribution in [3.05, 3.63) is 64.7 Å². The second kappa shape index (κ2) is 6.98. The molecule has 4 nitrogen and oxygen atoms in total. The van der Waals surface area contributed by atoms with E-state index in [0.29, 0.717) is 0 Å². The smallest absolute Gasteiger partial charge is 0.184 e. The molecule has 1 heterocycles. The summed E-state index contributed by atoms with van der Waals surface area (Å²) in [6, 6.07) is 16.4. The van der Waals surface area contributed by atoms with Gasteiger partial charge < -0.3 is 10.6 Å². The summed E-state index contributed by atoms with van der Waals surface area (Å²) in [4.78, 5) is 2.29. The van der Waals surface area contributed by atoms with Gasteiger partial charge in [-0.15, -0.1) is 0 Å². The number of nitrogens with zero attached hydrogens (tertiary/aromatic N) is 2. The highest BCUT2D eigenvalue weighted by Gasteiger charge is 2.28. The van der Waals surface area contributed by atoms with Crippen molar-refractivity contribution in [2.24, 2.45) is 10.8 Å². The van der Waals surface area contributed by atoms with E-state index in [2.05, 4.69) is 33.6 Å². The lowest BCUT2D eigenvalue weighted by Gasteiger charge is -2.25. The molecule has 0 saturated heterocycles. The van der Waals surface area contributed by atoms with Crippen LogP contribution in [0.3, 0.4) is 0 Å². The van der Waals surface area contributed by atoms with E-state index >= 15 is 0 Å². The average Bonchev–Trinajstić information content (AvgIpc) is 2.87. The van der Waals surface area contributed by atoms with Crippen molar-refractivity contribution in [2.75, 3.05) is 4.90 Å². The van der Waals surface area contributed by atoms with Crippen LogP contribution in [0, 0.1) is 0 Å². The van der Waals surface area contributed by atoms with Gasteiger partial charge >= 0.3 is 0 Å². The minimum absolute atomic E-state index is 0.130. The number of fused-ring (bicyclic) bond motifs is 1. The van der Waals surface area contributed by atoms with Gasteiger partial charge in [-0.2, -0.15) is 5.10 Å². The Kier molecular flexibility index (Phi) is 4.79. The Morgan fingerprint density at radius 3 is 2.83 bits per heavy atom. The van der Waals surface area contributed by atoms with E-state index in [9.17, 15) is 0 Å². The summed E-state index contributed by atoms with van der Waals surface area (Å²) in [5, 5.41) is 5.07. The number of anilines is 1. The van der Waals surface area contributed by atoms with Crippen LogP contribution in [0.4, 0.5) is 5.69 Å². The molecule has 1 atom stereocenters. The lowest BCUT2D eigenvalue weighted by Crippen LogP contribution is -2.34. The first kappa shape index (κ1) is 15.8. The van der Waals surface area contributed by atoms with Crippen LogP contribution >= 0.6 is 23.8 Å². The molecule has 23 heavy (non-hydrogen) atoms. The fraction of sp³-hybridized carbons (Fsp3) is 0.176. The van der Waals surface area contributed by atoms with Crippen LogP contribution in [0.25, 0.3) is 0 Å². The number of hydrogen-bond acceptors (Lipinski definition) is 3. The van der Waals surface area contributed by atoms with Gasteiger partial charge in [-0.3, -0.25) is 5.43 Å². The van der Waals surface area contributed by atoms with E-state index in [1.165, 1.54) is 11.3 Å². The number of nitrogens with one attached hydrogen (secondary N) is 1. The Hall–Kier alpha value is -2.11. The summed E-state index contributed by atoms with van der Waals surface area (Å²) in [6.45, 7) is 0.723. The first-order chi connectivity index (χ1) is 11.1. The monoisotopic (exact) mass is 344 g/mol. The molecule has 0 aromatic heterocycles. The van der Waals surface area contributed by atoms with Crippen molar-refractivity contribution in [1.29, 1.82) is 0 Å². The molecule has 1 aliphatic heterocycles. The fourth-order valence-electron chi connectivity index (χ4n) is 2.81. The number of thiocarbonyl (C=S) groups is 1. The van der Waals surface area contributed by atoms with Gasteiger partial charge in [0.15, 0.2) is 5.11 Å². The number of halogens is 1. The van der Waals surface area contributed by atoms with Crippen molar-refractivity contribution in [1.82, 2.24) is 5.43 Å². The number of nitrogens with two attached hydrogens (primary N) is 1. The standard InChI is InChI=1S/C17H17ClN4S/c18-15-7-3-1-6-13(15)11-22-14(10-20-21-17(19)23)9-12-5-2-4-8-16(12)22/h1-8,10,14H,9,11H2,(H3,19,21,23)/t14-/m0/s1. The van der Waals surface area contributed by atoms with Crippen LogP contribution in [-0.4, -0.2) is 17.4 Å². The lowest BCUT2D eigenvalue weighted by molar-refractivity contribution is 0.760. The van der Waals surface area contributed by atoms with Gasteiger partial charge in [0.25, 0.3) is 0 Å². The molecular weight excluding hydrogens is 328 g/mol. The van der Waals surface area contributed by atoms with E-state index in [4.69, 9.17) is 29.6 Å². The molecule has 118 valence electrons. The summed E-state index contributed by atoms with van der Waals surface area (Å²) in [6.07, 6.45) is 2.74. The zero-order chi connectivity index (χ0) is 16.2. The summed E-state index contributed by atoms with van der Waals surface area (Å²) < 4.78 is 0. The highest BCUT2D eigenvalue weighted by Crippen LogP contribution is 2.33. The maximum atomic E-state index is 6.32. The van der Waals surface area contributed by atoms with Gasteiger partial charge in [-0.1, -0.05) is 48.0 Å². The SMILES string of the molecule is NC(=S)NN=C[C@@H]1Cc2ccccc2N1Cc1ccccc1Cl. The van der Waals surface area contributed by atoms with Crippen molar-refractivity contribution < 1.29 is 0 Å². The second-order valence-electron chi connectivity index (χ2n) is 5.37. The van der Waals surface area contributed by atoms with Crippen LogP contribution in [0.1, 0.15) is 11.1 Å². The van der Waals surface area contributed by atoms with Crippen LogP contribution in [0.2, 0.25) is 5.02 Å². The molecule has 0 aliphatic carbocycles. The van der Waals surface area contributed by atoms with E-state index in [0.717, 1.165) is 23.6 Å². The maximum absolute atomic E-state index is 6.32. The Morgan fingerprint density at radius 2 is 2.04 bits per heavy atom. The molecule has 0 radical (unpaired) electrons. The van der Waals surface area contributed by atoms with Crippen LogP contribution in [0.15, 0.2) is 53.6 Å². The Balaban J connectivity index is 1.87. The molecule has 0 amide bonds. The number of benzene rings is 2. The zero-order valence-electron chi connectivity index (χ0n) is 12.4. The third kappa shape index (κ3) is 3.63. The van der Waals surface area contributed by atoms with Crippen LogP contribution < -0.4 is 16.1 Å². The number of hydrogen-bond donors (Lipinski definition) is 2. The Morgan fingerprint density at radius 1 is 1.30 bits per heavy atom. The van der Waals surface area contributed by atoms with E-state index in [-0.39, 0.29) is 11.2 Å². The average molecular weight is 345 g/mol. The minimum Gasteiger partial charge on any atom is -0.375 e. The topological polar surface area (TPSA) is 53.6 Å². The van der Waals surface area contributed by atoms with Gasteiger partial charge in [-0.25, -0.2) is 0 Å². The maximum Gasteiger partial charge on any atom is 0.184 e. The van der Waals surface area contributed by atoms with Crippen molar-refractivity contribution >= 4 is 40.8 Å². The van der Waals surface area contributed by atoms with Crippen LogP contribution in [-0.2, 0) is 13.0 Å². The molecule has 0 saturated carbocycles. The molecule has 1 aliphatic rings. The molecule has 3 N–H and O–H groups in total. The van der Waals surface area contributed by atoms with Crippen molar-refractivity contribution in [3.63, 3.8) is 0 Å². The van der Waals surface area contributed by atoms with Gasteiger partial charge in [0.1, 0.15) is 0 Å². The first-order valence-corrected chi connectivity index (χ1v) is 8.10. The fourth-order valence-corrected chi connectivity index (χ4v) is 3.06. The quantitative estimate of drug-likeness (QED) is 0.508. The van der Waals surface area contributed by atoms with Gasteiger partial charge in [-0.05, 0) is 41.9 Å². The molecule has 0 bridgehead atoms. The number of rotatable bonds is 4. The van der Waals surface area contributed by atoms with Crippen LogP contribution in [0.5, 0.6) is 0 Å². The molecule has 6 heteroatoms.